The van der Waals surface area contributed by atoms with E-state index in [0.717, 1.165) is 0 Å². The number of aromatic amines is 1. The Balaban J connectivity index is 3.09. The molecule has 0 aliphatic rings. The standard InChI is InChI=1S/C3HN5O2/c9-2-1-3(6-7-5-2)10-8-4-1/h(H,5,6,9). The minimum Gasteiger partial charge on any atom is -0.314 e. The third kappa shape index (κ3) is 0.508. The van der Waals surface area contributed by atoms with Gasteiger partial charge in [0.1, 0.15) is 0 Å². The molecule has 0 unspecified atom stereocenters. The first kappa shape index (κ1) is 5.03. The van der Waals surface area contributed by atoms with Gasteiger partial charge in [0.2, 0.25) is 5.52 Å². The van der Waals surface area contributed by atoms with Gasteiger partial charge in [-0.25, -0.2) is 5.10 Å². The summed E-state index contributed by atoms with van der Waals surface area (Å²) >= 11 is 0. The van der Waals surface area contributed by atoms with Crippen LogP contribution in [0.5, 0.6) is 0 Å². The third-order valence-corrected chi connectivity index (χ3v) is 0.978. The number of nitrogens with one attached hydrogen (secondary N) is 1. The Hall–Kier alpha value is -1.79. The van der Waals surface area contributed by atoms with Crippen molar-refractivity contribution in [3.63, 3.8) is 0 Å². The molecule has 50 valence electrons. The zero-order chi connectivity index (χ0) is 6.97. The van der Waals surface area contributed by atoms with E-state index in [0.29, 0.717) is 0 Å². The van der Waals surface area contributed by atoms with E-state index in [4.69, 9.17) is 0 Å². The molecule has 0 atom stereocenters. The Morgan fingerprint density at radius 2 is 2.30 bits per heavy atom. The van der Waals surface area contributed by atoms with Gasteiger partial charge in [0, 0.05) is 5.27 Å². The average molecular weight is 139 g/mol. The summed E-state index contributed by atoms with van der Waals surface area (Å²) in [5.41, 5.74) is -0.343. The van der Waals surface area contributed by atoms with E-state index in [-0.39, 0.29) is 11.2 Å². The Morgan fingerprint density at radius 3 is 3.10 bits per heavy atom. The zero-order valence-corrected chi connectivity index (χ0v) is 4.61. The lowest BCUT2D eigenvalue weighted by molar-refractivity contribution is 0.414. The highest BCUT2D eigenvalue weighted by molar-refractivity contribution is 5.63. The van der Waals surface area contributed by atoms with Crippen LogP contribution in [0, 0.1) is 0 Å². The molecule has 0 aliphatic heterocycles. The highest BCUT2D eigenvalue weighted by Crippen LogP contribution is 1.94. The maximum absolute atomic E-state index is 10.7. The van der Waals surface area contributed by atoms with Crippen LogP contribution in [0.25, 0.3) is 11.2 Å². The van der Waals surface area contributed by atoms with Crippen LogP contribution in [-0.4, -0.2) is 25.8 Å². The molecule has 0 amide bonds. The average Bonchev–Trinajstić information content (AvgIpc) is 2.36. The Labute approximate surface area is 53.0 Å². The lowest BCUT2D eigenvalue weighted by Gasteiger charge is -1.76. The van der Waals surface area contributed by atoms with Gasteiger partial charge in [-0.15, -0.1) is 5.10 Å². The van der Waals surface area contributed by atoms with Crippen LogP contribution < -0.4 is 5.56 Å². The van der Waals surface area contributed by atoms with E-state index < -0.39 is 5.56 Å². The maximum atomic E-state index is 10.7. The fourth-order valence-corrected chi connectivity index (χ4v) is 0.563. The fourth-order valence-electron chi connectivity index (χ4n) is 0.563. The molecule has 0 radical (unpaired) electrons. The predicted octanol–water partition coefficient (Wildman–Crippen LogP) is -1.30. The Morgan fingerprint density at radius 1 is 1.40 bits per heavy atom. The number of hydrogen-bond acceptors (Lipinski definition) is 6. The summed E-state index contributed by atoms with van der Waals surface area (Å²) in [5.74, 6) is 0. The Kier molecular flexibility index (Phi) is 0.802. The van der Waals surface area contributed by atoms with Gasteiger partial charge in [-0.3, -0.25) is 4.79 Å². The molecular formula is C3HN5O2. The van der Waals surface area contributed by atoms with Crippen molar-refractivity contribution in [1.82, 2.24) is 25.8 Å². The van der Waals surface area contributed by atoms with Crippen LogP contribution in [0.4, 0.5) is 0 Å². The highest BCUT2D eigenvalue weighted by Gasteiger charge is 2.04. The molecule has 2 heterocycles. The van der Waals surface area contributed by atoms with Crippen LogP contribution in [0.1, 0.15) is 0 Å². The van der Waals surface area contributed by atoms with Crippen LogP contribution >= 0.6 is 0 Å². The molecule has 10 heavy (non-hydrogen) atoms. The fraction of sp³-hybridized carbons (Fsp3) is 0. The number of fused-ring (bicyclic) bond motifs is 1. The second-order valence-electron chi connectivity index (χ2n) is 1.57. The molecule has 2 rings (SSSR count). The zero-order valence-electron chi connectivity index (χ0n) is 4.61. The van der Waals surface area contributed by atoms with Gasteiger partial charge < -0.3 is 4.52 Å². The summed E-state index contributed by atoms with van der Waals surface area (Å²) in [7, 11) is 0. The van der Waals surface area contributed by atoms with Gasteiger partial charge in [0.05, 0.1) is 0 Å². The number of nitrogens with zero attached hydrogens (tertiary/aromatic N) is 4. The first-order valence-corrected chi connectivity index (χ1v) is 2.41. The summed E-state index contributed by atoms with van der Waals surface area (Å²) in [6, 6.07) is 0. The van der Waals surface area contributed by atoms with Gasteiger partial charge in [-0.05, 0) is 0 Å². The minimum atomic E-state index is -0.453. The molecule has 0 saturated carbocycles. The van der Waals surface area contributed by atoms with E-state index in [1.165, 1.54) is 0 Å². The van der Waals surface area contributed by atoms with E-state index in [9.17, 15) is 4.79 Å². The van der Waals surface area contributed by atoms with E-state index in [1.54, 1.807) is 0 Å². The molecule has 0 aliphatic carbocycles. The molecule has 1 N–H and O–H groups in total. The predicted molar refractivity (Wildman–Crippen MR) is 28.0 cm³/mol. The van der Waals surface area contributed by atoms with Gasteiger partial charge in [-0.2, -0.15) is 0 Å². The van der Waals surface area contributed by atoms with Crippen molar-refractivity contribution in [2.75, 3.05) is 0 Å². The number of aromatic nitrogens is 5. The van der Waals surface area contributed by atoms with E-state index >= 15 is 0 Å². The first-order chi connectivity index (χ1) is 4.88. The highest BCUT2D eigenvalue weighted by atomic mass is 16.5. The van der Waals surface area contributed by atoms with Gasteiger partial charge in [-0.1, -0.05) is 10.3 Å². The molecule has 0 fully saturated rings. The summed E-state index contributed by atoms with van der Waals surface area (Å²) in [5, 5.41) is 15.2. The molecule has 0 saturated heterocycles. The van der Waals surface area contributed by atoms with Gasteiger partial charge in [0.25, 0.3) is 5.56 Å². The van der Waals surface area contributed by atoms with Crippen molar-refractivity contribution in [2.24, 2.45) is 0 Å². The minimum absolute atomic E-state index is 0.0451. The van der Waals surface area contributed by atoms with Crippen molar-refractivity contribution in [3.8, 4) is 0 Å². The van der Waals surface area contributed by atoms with Crippen LogP contribution in [0.2, 0.25) is 0 Å². The molecule has 2 aromatic heterocycles. The van der Waals surface area contributed by atoms with Gasteiger partial charge in [0.15, 0.2) is 0 Å². The molecule has 0 aromatic carbocycles. The number of hydrogen-bond donors (Lipinski definition) is 1. The topological polar surface area (TPSA) is 97.6 Å². The Bertz CT molecular complexity index is 402. The number of rotatable bonds is 0. The van der Waals surface area contributed by atoms with E-state index in [1.807, 2.05) is 0 Å². The molecule has 2 aromatic rings. The summed E-state index contributed by atoms with van der Waals surface area (Å²) in [6.45, 7) is 0. The van der Waals surface area contributed by atoms with Crippen LogP contribution in [0.3, 0.4) is 0 Å². The van der Waals surface area contributed by atoms with Crippen LogP contribution in [-0.2, 0) is 0 Å². The van der Waals surface area contributed by atoms with E-state index in [2.05, 4.69) is 30.3 Å². The molecule has 7 nitrogen and oxygen atoms in total. The van der Waals surface area contributed by atoms with Crippen molar-refractivity contribution < 1.29 is 4.52 Å². The normalized spacial score (nSPS) is 10.4. The van der Waals surface area contributed by atoms with Crippen molar-refractivity contribution >= 4 is 11.2 Å². The number of H-pyrrole nitrogens is 1. The van der Waals surface area contributed by atoms with Gasteiger partial charge >= 0.3 is 5.71 Å². The second kappa shape index (κ2) is 1.59. The van der Waals surface area contributed by atoms with Crippen LogP contribution in [0.15, 0.2) is 9.32 Å². The third-order valence-electron chi connectivity index (χ3n) is 0.978. The molecular weight excluding hydrogens is 138 g/mol. The lowest BCUT2D eigenvalue weighted by Crippen LogP contribution is -2.08. The summed E-state index contributed by atoms with van der Waals surface area (Å²) < 4.78 is 4.44. The first-order valence-electron chi connectivity index (χ1n) is 2.41. The van der Waals surface area contributed by atoms with Crippen molar-refractivity contribution in [2.45, 2.75) is 0 Å². The molecule has 0 bridgehead atoms. The molecule has 7 heteroatoms. The lowest BCUT2D eigenvalue weighted by atomic mass is 10.6. The van der Waals surface area contributed by atoms with Crippen molar-refractivity contribution in [1.29, 1.82) is 0 Å². The smallest absolute Gasteiger partial charge is 0.304 e. The SMILES string of the molecule is O=c1[nH]nnc2onnc12. The summed E-state index contributed by atoms with van der Waals surface area (Å²) in [4.78, 5) is 10.7. The second-order valence-corrected chi connectivity index (χ2v) is 1.57. The summed E-state index contributed by atoms with van der Waals surface area (Å²) in [6.07, 6.45) is 0. The monoisotopic (exact) mass is 139 g/mol. The van der Waals surface area contributed by atoms with Crippen molar-refractivity contribution in [3.05, 3.63) is 10.4 Å². The maximum Gasteiger partial charge on any atom is 0.304 e. The quantitative estimate of drug-likeness (QED) is 0.487. The molecule has 0 spiro atoms. The largest absolute Gasteiger partial charge is 0.314 e.